The molecule has 0 unspecified atom stereocenters. The second kappa shape index (κ2) is 41.7. The van der Waals surface area contributed by atoms with Crippen molar-refractivity contribution in [2.75, 3.05) is 38.3 Å². The predicted molar refractivity (Wildman–Crippen MR) is 423 cm³/mol. The fourth-order valence-corrected chi connectivity index (χ4v) is 13.8. The van der Waals surface area contributed by atoms with Crippen LogP contribution in [0.15, 0.2) is 66.9 Å². The van der Waals surface area contributed by atoms with Crippen molar-refractivity contribution in [1.82, 2.24) is 9.88 Å². The predicted octanol–water partition coefficient (Wildman–Crippen LogP) is 25.2. The van der Waals surface area contributed by atoms with Gasteiger partial charge in [0.25, 0.3) is 0 Å². The van der Waals surface area contributed by atoms with Crippen molar-refractivity contribution < 1.29 is 19.3 Å². The number of aliphatic hydroxyl groups is 2. The van der Waals surface area contributed by atoms with Gasteiger partial charge >= 0.3 is 0 Å². The molecule has 6 nitrogen and oxygen atoms in total. The molecule has 3 N–H and O–H groups in total. The number of ether oxygens (including phenoxy) is 1. The molecule has 3 saturated carbocycles. The number of piperidine rings is 1. The van der Waals surface area contributed by atoms with Crippen molar-refractivity contribution in [2.45, 2.75) is 356 Å². The van der Waals surface area contributed by atoms with Crippen LogP contribution in [0.4, 0.5) is 10.1 Å². The van der Waals surface area contributed by atoms with Crippen molar-refractivity contribution in [1.29, 1.82) is 0 Å². The first-order valence-corrected chi connectivity index (χ1v) is 38.3. The second-order valence-electron chi connectivity index (χ2n) is 38.1. The third-order valence-electron chi connectivity index (χ3n) is 19.2. The zero-order chi connectivity index (χ0) is 73.8. The third kappa shape index (κ3) is 42.6. The Bertz CT molecular complexity index is 2520. The van der Waals surface area contributed by atoms with Crippen molar-refractivity contribution in [3.8, 4) is 0 Å². The summed E-state index contributed by atoms with van der Waals surface area (Å²) in [6, 6.07) is 20.3. The van der Waals surface area contributed by atoms with E-state index in [2.05, 4.69) is 258 Å². The molecule has 0 radical (unpaired) electrons. The number of methoxy groups -OCH3 is 1. The summed E-state index contributed by atoms with van der Waals surface area (Å²) in [5.74, 6) is 3.64. The van der Waals surface area contributed by atoms with Gasteiger partial charge < -0.3 is 29.7 Å². The van der Waals surface area contributed by atoms with Crippen LogP contribution in [0, 0.1) is 66.5 Å². The van der Waals surface area contributed by atoms with E-state index in [4.69, 9.17) is 9.84 Å². The SMILES string of the molecule is CC(C)(C)C1CCC(O)CC1.CC(C)(C)C1CCCCC1.CC(C)(C)O.CC(C)(C)c1ccc(F)cc1.CC(C)(C)c1ccc(N2CCCCC2)cc1.CC1CCC(C(C)(C)C)CC1.COCCNC(C)(C)C.Cc1c(C(C)(C)C)ccn1C.Cc1cc(C(C)(C)C)c(C)s1. The van der Waals surface area contributed by atoms with Gasteiger partial charge in [-0.2, -0.15) is 0 Å². The molecule has 1 saturated heterocycles. The number of thiophene rings is 1. The summed E-state index contributed by atoms with van der Waals surface area (Å²) in [7, 11) is 3.80. The first-order valence-electron chi connectivity index (χ1n) is 37.5. The molecule has 0 bridgehead atoms. The summed E-state index contributed by atoms with van der Waals surface area (Å²) in [6.07, 6.45) is 23.9. The topological polar surface area (TPSA) is 69.9 Å². The Morgan fingerprint density at radius 2 is 0.884 bits per heavy atom. The van der Waals surface area contributed by atoms with E-state index in [1.54, 1.807) is 27.9 Å². The van der Waals surface area contributed by atoms with E-state index in [-0.39, 0.29) is 33.7 Å². The van der Waals surface area contributed by atoms with Gasteiger partial charge in [0.05, 0.1) is 18.3 Å². The lowest BCUT2D eigenvalue weighted by Gasteiger charge is -2.35. The maximum absolute atomic E-state index is 12.5. The number of aromatic nitrogens is 1. The minimum absolute atomic E-state index is 0.00593. The molecule has 4 aliphatic rings. The van der Waals surface area contributed by atoms with Gasteiger partial charge in [-0.3, -0.25) is 0 Å². The normalized spacial score (nSPS) is 19.1. The molecule has 4 fully saturated rings. The molecular weight excluding hydrogens is 1190 g/mol. The van der Waals surface area contributed by atoms with Gasteiger partial charge in [-0.15, -0.1) is 11.3 Å². The zero-order valence-corrected chi connectivity index (χ0v) is 69.7. The molecule has 2 aromatic carbocycles. The number of nitrogens with one attached hydrogen (secondary N) is 1. The summed E-state index contributed by atoms with van der Waals surface area (Å²) in [5.41, 5.74) is 10.6. The molecule has 0 amide bonds. The highest BCUT2D eigenvalue weighted by Crippen LogP contribution is 2.41. The highest BCUT2D eigenvalue weighted by atomic mass is 32.1. The smallest absolute Gasteiger partial charge is 0.123 e. The highest BCUT2D eigenvalue weighted by Gasteiger charge is 2.30. The monoisotopic (exact) mass is 1340 g/mol. The maximum Gasteiger partial charge on any atom is 0.123 e. The number of nitrogens with zero attached hydrogens (tertiary/aromatic N) is 2. The van der Waals surface area contributed by atoms with Crippen LogP contribution in [0.1, 0.15) is 334 Å². The molecule has 552 valence electrons. The van der Waals surface area contributed by atoms with Crippen LogP contribution < -0.4 is 10.2 Å². The van der Waals surface area contributed by atoms with Gasteiger partial charge in [0.2, 0.25) is 0 Å². The minimum atomic E-state index is -0.500. The van der Waals surface area contributed by atoms with E-state index in [0.717, 1.165) is 49.7 Å². The lowest BCUT2D eigenvalue weighted by Crippen LogP contribution is -2.37. The minimum Gasteiger partial charge on any atom is -0.393 e. The van der Waals surface area contributed by atoms with E-state index in [0.29, 0.717) is 21.7 Å². The van der Waals surface area contributed by atoms with E-state index in [1.807, 2.05) is 23.5 Å². The summed E-state index contributed by atoms with van der Waals surface area (Å²) in [6.45, 7) is 72.6. The lowest BCUT2D eigenvalue weighted by molar-refractivity contribution is 0.0725. The molecular formula is C87H158FN3O3S. The molecule has 4 aromatic rings. The van der Waals surface area contributed by atoms with Gasteiger partial charge in [-0.05, 0) is 253 Å². The van der Waals surface area contributed by atoms with E-state index in [1.165, 1.54) is 159 Å². The van der Waals surface area contributed by atoms with Gasteiger partial charge in [-0.25, -0.2) is 4.39 Å². The number of hydrogen-bond donors (Lipinski definition) is 3. The summed E-state index contributed by atoms with van der Waals surface area (Å²) in [5, 5.41) is 21.1. The quantitative estimate of drug-likeness (QED) is 0.178. The van der Waals surface area contributed by atoms with Gasteiger partial charge in [0, 0.05) is 66.7 Å². The van der Waals surface area contributed by atoms with E-state index in [9.17, 15) is 9.50 Å². The molecule has 8 heteroatoms. The van der Waals surface area contributed by atoms with Crippen LogP contribution in [-0.2, 0) is 33.4 Å². The van der Waals surface area contributed by atoms with Crippen LogP contribution in [0.3, 0.4) is 0 Å². The number of aliphatic hydroxyl groups excluding tert-OH is 1. The second-order valence-corrected chi connectivity index (χ2v) is 39.6. The Hall–Kier alpha value is -3.01. The average molecular weight is 1350 g/mol. The maximum atomic E-state index is 12.5. The molecule has 0 spiro atoms. The summed E-state index contributed by atoms with van der Waals surface area (Å²) in [4.78, 5) is 5.40. The van der Waals surface area contributed by atoms with Crippen molar-refractivity contribution in [2.24, 2.45) is 47.0 Å². The molecule has 3 aliphatic carbocycles. The van der Waals surface area contributed by atoms with Crippen LogP contribution in [0.5, 0.6) is 0 Å². The van der Waals surface area contributed by atoms with Gasteiger partial charge in [0.1, 0.15) is 5.82 Å². The Morgan fingerprint density at radius 3 is 1.18 bits per heavy atom. The molecule has 95 heavy (non-hydrogen) atoms. The average Bonchev–Trinajstić information content (AvgIpc) is 1.82. The molecule has 1 aliphatic heterocycles. The van der Waals surface area contributed by atoms with Crippen LogP contribution in [-0.4, -0.2) is 65.4 Å². The fraction of sp³-hybridized carbons (Fsp3) is 0.770. The molecule has 8 rings (SSSR count). The number of rotatable bonds is 4. The highest BCUT2D eigenvalue weighted by molar-refractivity contribution is 7.12. The van der Waals surface area contributed by atoms with Crippen molar-refractivity contribution in [3.05, 3.63) is 110 Å². The number of hydrogen-bond acceptors (Lipinski definition) is 6. The number of halogens is 1. The van der Waals surface area contributed by atoms with E-state index < -0.39 is 5.60 Å². The van der Waals surface area contributed by atoms with Crippen molar-refractivity contribution in [3.63, 3.8) is 0 Å². The van der Waals surface area contributed by atoms with Crippen LogP contribution in [0.2, 0.25) is 0 Å². The number of benzene rings is 2. The Morgan fingerprint density at radius 1 is 0.505 bits per heavy atom. The van der Waals surface area contributed by atoms with Crippen molar-refractivity contribution >= 4 is 17.0 Å². The van der Waals surface area contributed by atoms with E-state index >= 15 is 0 Å². The summed E-state index contributed by atoms with van der Waals surface area (Å²) < 4.78 is 19.5. The third-order valence-corrected chi connectivity index (χ3v) is 20.1. The van der Waals surface area contributed by atoms with Gasteiger partial charge in [0.15, 0.2) is 0 Å². The number of anilines is 1. The largest absolute Gasteiger partial charge is 0.393 e. The molecule has 3 heterocycles. The Balaban J connectivity index is 0.00000106. The number of aryl methyl sites for hydroxylation is 3. The van der Waals surface area contributed by atoms with Crippen LogP contribution >= 0.6 is 11.3 Å². The van der Waals surface area contributed by atoms with Gasteiger partial charge in [-0.1, -0.05) is 209 Å². The zero-order valence-electron chi connectivity index (χ0n) is 68.9. The molecule has 0 atom stereocenters. The summed E-state index contributed by atoms with van der Waals surface area (Å²) >= 11 is 1.90. The lowest BCUT2D eigenvalue weighted by atomic mass is 9.70. The standard InChI is InChI=1S/C15H23N.C11H22.C10H13F.C10H17N.C10H20O.C10H16S.C10H20.C7H17NO.C4H10O/c1-15(2,3)13-7-9-14(10-8-13)16-11-5-4-6-12-16;1-9-5-7-10(8-6-9)11(2,3)4;1-10(2,3)8-4-6-9(11)7-5-8;1-8-9(10(2,3)4)6-7-11(8)5;1-10(2,3)8-4-6-9(11)7-5-8;1-7-6-9(8(2)11-7)10(3,4)5;1-10(2,3)9-7-5-4-6-8-9;1-7(2,3)8-5-6-9-4;1-4(2,3)5/h7-10H,4-6,11-12H2,1-3H3;9-10H,5-8H2,1-4H3;4-7H,1-3H3;6-7H,1-5H3;8-9,11H,4-7H2,1-3H3;6H,1-5H3;9H,4-8H2,1-3H3;8H,5-6H2,1-4H3;5H,1-3H3. The fourth-order valence-electron chi connectivity index (χ4n) is 12.6. The molecule has 2 aromatic heterocycles. The first-order chi connectivity index (χ1) is 43.1. The first kappa shape index (κ1) is 92.0. The Labute approximate surface area is 594 Å². The Kier molecular flexibility index (Phi) is 40.3. The van der Waals surface area contributed by atoms with Crippen LogP contribution in [0.25, 0.3) is 0 Å².